The number of hydrogen-bond acceptors (Lipinski definition) is 4. The van der Waals surface area contributed by atoms with E-state index in [2.05, 4.69) is 15.3 Å². The maximum atomic E-state index is 12.9. The Labute approximate surface area is 96.3 Å². The Morgan fingerprint density at radius 2 is 2.00 bits per heavy atom. The second kappa shape index (κ2) is 4.32. The van der Waals surface area contributed by atoms with Crippen LogP contribution in [-0.4, -0.2) is 9.97 Å². The lowest BCUT2D eigenvalue weighted by Gasteiger charge is -2.07. The molecule has 0 fully saturated rings. The molecule has 2 rings (SSSR count). The number of anilines is 3. The van der Waals surface area contributed by atoms with Crippen LogP contribution < -0.4 is 11.1 Å². The van der Waals surface area contributed by atoms with Gasteiger partial charge in [-0.3, -0.25) is 0 Å². The molecule has 0 saturated heterocycles. The molecule has 82 valence electrons. The van der Waals surface area contributed by atoms with Crippen LogP contribution in [0, 0.1) is 5.82 Å². The molecule has 0 aliphatic carbocycles. The first kappa shape index (κ1) is 10.6. The highest BCUT2D eigenvalue weighted by Crippen LogP contribution is 2.23. The summed E-state index contributed by atoms with van der Waals surface area (Å²) >= 11 is 5.64. The van der Waals surface area contributed by atoms with E-state index in [9.17, 15) is 4.39 Å². The van der Waals surface area contributed by atoms with Crippen LogP contribution in [0.15, 0.2) is 30.6 Å². The van der Waals surface area contributed by atoms with Crippen LogP contribution in [-0.2, 0) is 0 Å². The standard InChI is InChI=1S/C10H8ClFN4/c11-7-5-6(1-2-8(7)12)16-10-9(13)14-3-4-15-10/h1-5H,(H2,13,14)(H,15,16). The van der Waals surface area contributed by atoms with Crippen LogP contribution in [0.2, 0.25) is 5.02 Å². The third kappa shape index (κ3) is 2.20. The van der Waals surface area contributed by atoms with Gasteiger partial charge >= 0.3 is 0 Å². The molecule has 0 atom stereocenters. The third-order valence-electron chi connectivity index (χ3n) is 1.91. The van der Waals surface area contributed by atoms with Gasteiger partial charge in [0.2, 0.25) is 0 Å². The summed E-state index contributed by atoms with van der Waals surface area (Å²) in [5.74, 6) is 0.201. The Balaban J connectivity index is 2.28. The monoisotopic (exact) mass is 238 g/mol. The lowest BCUT2D eigenvalue weighted by Crippen LogP contribution is -2.00. The van der Waals surface area contributed by atoms with E-state index in [1.165, 1.54) is 30.6 Å². The lowest BCUT2D eigenvalue weighted by atomic mass is 10.3. The van der Waals surface area contributed by atoms with Crippen molar-refractivity contribution < 1.29 is 4.39 Å². The molecule has 1 aromatic heterocycles. The van der Waals surface area contributed by atoms with Crippen molar-refractivity contribution in [2.45, 2.75) is 0 Å². The predicted octanol–water partition coefficient (Wildman–Crippen LogP) is 2.59. The van der Waals surface area contributed by atoms with Crippen LogP contribution >= 0.6 is 11.6 Å². The van der Waals surface area contributed by atoms with Gasteiger partial charge in [0.15, 0.2) is 11.6 Å². The van der Waals surface area contributed by atoms with Gasteiger partial charge in [-0.2, -0.15) is 0 Å². The Kier molecular flexibility index (Phi) is 2.87. The van der Waals surface area contributed by atoms with Crippen LogP contribution in [0.3, 0.4) is 0 Å². The molecular weight excluding hydrogens is 231 g/mol. The molecule has 0 spiro atoms. The summed E-state index contributed by atoms with van der Waals surface area (Å²) in [5.41, 5.74) is 6.19. The number of hydrogen-bond donors (Lipinski definition) is 2. The molecular formula is C10H8ClFN4. The minimum atomic E-state index is -0.473. The van der Waals surface area contributed by atoms with Crippen LogP contribution in [0.25, 0.3) is 0 Å². The Morgan fingerprint density at radius 3 is 2.69 bits per heavy atom. The number of nitrogens with two attached hydrogens (primary N) is 1. The minimum absolute atomic E-state index is 0.0347. The van der Waals surface area contributed by atoms with E-state index >= 15 is 0 Å². The van der Waals surface area contributed by atoms with E-state index in [1.54, 1.807) is 0 Å². The zero-order valence-electron chi connectivity index (χ0n) is 8.11. The zero-order chi connectivity index (χ0) is 11.5. The van der Waals surface area contributed by atoms with E-state index in [0.29, 0.717) is 11.5 Å². The lowest BCUT2D eigenvalue weighted by molar-refractivity contribution is 0.628. The van der Waals surface area contributed by atoms with Crippen molar-refractivity contribution in [1.82, 2.24) is 9.97 Å². The second-order valence-electron chi connectivity index (χ2n) is 3.04. The molecule has 3 N–H and O–H groups in total. The molecule has 0 amide bonds. The van der Waals surface area contributed by atoms with E-state index in [0.717, 1.165) is 0 Å². The Morgan fingerprint density at radius 1 is 1.25 bits per heavy atom. The largest absolute Gasteiger partial charge is 0.381 e. The van der Waals surface area contributed by atoms with Gasteiger partial charge in [-0.15, -0.1) is 0 Å². The minimum Gasteiger partial charge on any atom is -0.381 e. The second-order valence-corrected chi connectivity index (χ2v) is 3.45. The van der Waals surface area contributed by atoms with Gasteiger partial charge in [0.1, 0.15) is 5.82 Å². The first-order valence-corrected chi connectivity index (χ1v) is 4.83. The first-order valence-electron chi connectivity index (χ1n) is 4.45. The van der Waals surface area contributed by atoms with Gasteiger partial charge in [0.25, 0.3) is 0 Å². The molecule has 2 aromatic rings. The molecule has 16 heavy (non-hydrogen) atoms. The fraction of sp³-hybridized carbons (Fsp3) is 0. The summed E-state index contributed by atoms with van der Waals surface area (Å²) in [5, 5.41) is 2.93. The van der Waals surface area contributed by atoms with Crippen molar-refractivity contribution in [2.75, 3.05) is 11.1 Å². The van der Waals surface area contributed by atoms with Gasteiger partial charge in [0.05, 0.1) is 5.02 Å². The summed E-state index contributed by atoms with van der Waals surface area (Å²) < 4.78 is 12.9. The average molecular weight is 239 g/mol. The maximum absolute atomic E-state index is 12.9. The van der Waals surface area contributed by atoms with Crippen molar-refractivity contribution in [3.8, 4) is 0 Å². The summed E-state index contributed by atoms with van der Waals surface area (Å²) in [7, 11) is 0. The number of benzene rings is 1. The fourth-order valence-electron chi connectivity index (χ4n) is 1.16. The van der Waals surface area contributed by atoms with Crippen LogP contribution in [0.4, 0.5) is 21.7 Å². The Hall–Kier alpha value is -1.88. The van der Waals surface area contributed by atoms with E-state index in [-0.39, 0.29) is 10.8 Å². The van der Waals surface area contributed by atoms with E-state index < -0.39 is 5.82 Å². The first-order chi connectivity index (χ1) is 7.66. The molecule has 1 aromatic carbocycles. The maximum Gasteiger partial charge on any atom is 0.173 e. The number of aromatic nitrogens is 2. The number of nitrogen functional groups attached to an aromatic ring is 1. The Bertz CT molecular complexity index is 518. The molecule has 1 heterocycles. The molecule has 4 nitrogen and oxygen atoms in total. The molecule has 0 unspecified atom stereocenters. The molecule has 6 heteroatoms. The highest BCUT2D eigenvalue weighted by molar-refractivity contribution is 6.31. The van der Waals surface area contributed by atoms with Gasteiger partial charge in [0, 0.05) is 18.1 Å². The smallest absolute Gasteiger partial charge is 0.173 e. The summed E-state index contributed by atoms with van der Waals surface area (Å²) in [4.78, 5) is 7.85. The van der Waals surface area contributed by atoms with Crippen LogP contribution in [0.5, 0.6) is 0 Å². The van der Waals surface area contributed by atoms with Gasteiger partial charge < -0.3 is 11.1 Å². The fourth-order valence-corrected chi connectivity index (χ4v) is 1.34. The molecule has 0 bridgehead atoms. The van der Waals surface area contributed by atoms with Gasteiger partial charge in [-0.25, -0.2) is 14.4 Å². The SMILES string of the molecule is Nc1nccnc1Nc1ccc(F)c(Cl)c1. The van der Waals surface area contributed by atoms with Gasteiger partial charge in [-0.1, -0.05) is 11.6 Å². The number of nitrogens with zero attached hydrogens (tertiary/aromatic N) is 2. The number of nitrogens with one attached hydrogen (secondary N) is 1. The molecule has 0 saturated carbocycles. The average Bonchev–Trinajstić information content (AvgIpc) is 2.27. The van der Waals surface area contributed by atoms with Crippen LogP contribution in [0.1, 0.15) is 0 Å². The summed E-state index contributed by atoms with van der Waals surface area (Å²) in [6, 6.07) is 4.25. The number of rotatable bonds is 2. The van der Waals surface area contributed by atoms with Crippen molar-refractivity contribution in [3.63, 3.8) is 0 Å². The summed E-state index contributed by atoms with van der Waals surface area (Å²) in [6.07, 6.45) is 2.99. The third-order valence-corrected chi connectivity index (χ3v) is 2.20. The summed E-state index contributed by atoms with van der Waals surface area (Å²) in [6.45, 7) is 0. The molecule has 0 radical (unpaired) electrons. The topological polar surface area (TPSA) is 63.8 Å². The predicted molar refractivity (Wildman–Crippen MR) is 61.1 cm³/mol. The van der Waals surface area contributed by atoms with Crippen molar-refractivity contribution in [2.24, 2.45) is 0 Å². The zero-order valence-corrected chi connectivity index (χ0v) is 8.87. The normalized spacial score (nSPS) is 10.1. The number of halogens is 2. The van der Waals surface area contributed by atoms with E-state index in [1.807, 2.05) is 0 Å². The quantitative estimate of drug-likeness (QED) is 0.844. The molecule has 0 aliphatic rings. The highest BCUT2D eigenvalue weighted by Gasteiger charge is 2.04. The molecule has 0 aliphatic heterocycles. The van der Waals surface area contributed by atoms with E-state index in [4.69, 9.17) is 17.3 Å². The van der Waals surface area contributed by atoms with Crippen molar-refractivity contribution in [3.05, 3.63) is 41.4 Å². The van der Waals surface area contributed by atoms with Crippen molar-refractivity contribution in [1.29, 1.82) is 0 Å². The van der Waals surface area contributed by atoms with Crippen molar-refractivity contribution >= 4 is 28.9 Å². The van der Waals surface area contributed by atoms with Gasteiger partial charge in [-0.05, 0) is 18.2 Å². The highest BCUT2D eigenvalue weighted by atomic mass is 35.5.